The van der Waals surface area contributed by atoms with Gasteiger partial charge in [0.25, 0.3) is 0 Å². The Balaban J connectivity index is 3.03. The van der Waals surface area contributed by atoms with Gasteiger partial charge in [-0.3, -0.25) is 0 Å². The van der Waals surface area contributed by atoms with E-state index in [-0.39, 0.29) is 0 Å². The molecule has 0 bridgehead atoms. The van der Waals surface area contributed by atoms with Crippen molar-refractivity contribution in [3.05, 3.63) is 0 Å². The van der Waals surface area contributed by atoms with Gasteiger partial charge in [-0.25, -0.2) is 0 Å². The Bertz CT molecular complexity index is 74.6. The van der Waals surface area contributed by atoms with Crippen molar-refractivity contribution in [3.63, 3.8) is 0 Å². The molecule has 2 heteroatoms. The van der Waals surface area contributed by atoms with E-state index >= 15 is 0 Å². The average molecular weight is 114 g/mol. The van der Waals surface area contributed by atoms with Gasteiger partial charge >= 0.3 is 0 Å². The maximum Gasteiger partial charge on any atom is 0.0624 e. The molecule has 1 nitrogen and oxygen atoms in total. The standard InChI is InChI=1S/C5H8NS/c1-5(4-7)2-3-6/h5H,2,4H2,1H3. The van der Waals surface area contributed by atoms with E-state index in [2.05, 4.69) is 18.7 Å². The van der Waals surface area contributed by atoms with Crippen molar-refractivity contribution in [1.29, 1.82) is 5.26 Å². The summed E-state index contributed by atoms with van der Waals surface area (Å²) in [5.74, 6) is 1.10. The molecule has 1 radical (unpaired) electrons. The summed E-state index contributed by atoms with van der Waals surface area (Å²) in [6.07, 6.45) is 0.601. The Hall–Kier alpha value is -0.160. The fourth-order valence-corrected chi connectivity index (χ4v) is 0.333. The van der Waals surface area contributed by atoms with Crippen LogP contribution < -0.4 is 0 Å². The zero-order valence-electron chi connectivity index (χ0n) is 4.35. The summed E-state index contributed by atoms with van der Waals surface area (Å²) in [4.78, 5) is 0. The third kappa shape index (κ3) is 3.68. The third-order valence-corrected chi connectivity index (χ3v) is 1.29. The van der Waals surface area contributed by atoms with Crippen LogP contribution in [-0.2, 0) is 0 Å². The summed E-state index contributed by atoms with van der Waals surface area (Å²) < 4.78 is 0. The lowest BCUT2D eigenvalue weighted by Crippen LogP contribution is -1.91. The summed E-state index contributed by atoms with van der Waals surface area (Å²) in [5, 5.41) is 8.07. The fourth-order valence-electron chi connectivity index (χ4n) is 0.215. The minimum atomic E-state index is 0.403. The maximum absolute atomic E-state index is 8.07. The molecule has 0 spiro atoms. The van der Waals surface area contributed by atoms with E-state index < -0.39 is 0 Å². The maximum atomic E-state index is 8.07. The predicted molar refractivity (Wildman–Crippen MR) is 31.9 cm³/mol. The first-order valence-corrected chi connectivity index (χ1v) is 2.84. The highest BCUT2D eigenvalue weighted by Crippen LogP contribution is 2.00. The molecule has 7 heavy (non-hydrogen) atoms. The van der Waals surface area contributed by atoms with E-state index in [0.717, 1.165) is 0 Å². The van der Waals surface area contributed by atoms with Gasteiger partial charge in [0.1, 0.15) is 0 Å². The quantitative estimate of drug-likeness (QED) is 0.536. The minimum absolute atomic E-state index is 0.403. The molecule has 0 N–H and O–H groups in total. The van der Waals surface area contributed by atoms with Gasteiger partial charge < -0.3 is 0 Å². The van der Waals surface area contributed by atoms with Gasteiger partial charge in [-0.2, -0.15) is 5.26 Å². The SMILES string of the molecule is CC(C[S])CC#N. The van der Waals surface area contributed by atoms with Crippen molar-refractivity contribution in [2.45, 2.75) is 13.3 Å². The summed E-state index contributed by atoms with van der Waals surface area (Å²) in [6.45, 7) is 1.98. The van der Waals surface area contributed by atoms with Gasteiger partial charge in [-0.15, -0.1) is 0 Å². The van der Waals surface area contributed by atoms with Crippen molar-refractivity contribution in [2.24, 2.45) is 5.92 Å². The molecule has 0 amide bonds. The lowest BCUT2D eigenvalue weighted by Gasteiger charge is -1.95. The molecule has 0 aromatic rings. The Labute approximate surface area is 49.7 Å². The predicted octanol–water partition coefficient (Wildman–Crippen LogP) is 1.73. The molecule has 39 valence electrons. The minimum Gasteiger partial charge on any atom is -0.198 e. The first-order chi connectivity index (χ1) is 3.31. The molecule has 1 unspecified atom stereocenters. The molecule has 0 aliphatic rings. The molecule has 0 saturated heterocycles. The summed E-state index contributed by atoms with van der Waals surface area (Å²) in [7, 11) is 0. The lowest BCUT2D eigenvalue weighted by atomic mass is 10.2. The van der Waals surface area contributed by atoms with Crippen LogP contribution in [0.3, 0.4) is 0 Å². The van der Waals surface area contributed by atoms with E-state index in [1.54, 1.807) is 0 Å². The first-order valence-electron chi connectivity index (χ1n) is 2.26. The van der Waals surface area contributed by atoms with Crippen LogP contribution in [0.15, 0.2) is 0 Å². The zero-order chi connectivity index (χ0) is 5.70. The van der Waals surface area contributed by atoms with Crippen molar-refractivity contribution >= 4 is 12.6 Å². The molecule has 0 heterocycles. The molecule has 0 aromatic carbocycles. The third-order valence-electron chi connectivity index (χ3n) is 0.724. The van der Waals surface area contributed by atoms with E-state index in [0.29, 0.717) is 18.1 Å². The van der Waals surface area contributed by atoms with Crippen LogP contribution in [0.2, 0.25) is 0 Å². The molecule has 0 aromatic heterocycles. The summed E-state index contributed by atoms with van der Waals surface area (Å²) >= 11 is 4.69. The molecular weight excluding hydrogens is 106 g/mol. The zero-order valence-corrected chi connectivity index (χ0v) is 5.16. The first kappa shape index (κ1) is 6.84. The Morgan fingerprint density at radius 1 is 1.86 bits per heavy atom. The highest BCUT2D eigenvalue weighted by molar-refractivity contribution is 7.80. The van der Waals surface area contributed by atoms with Gasteiger partial charge in [0, 0.05) is 12.2 Å². The second-order valence-corrected chi connectivity index (χ2v) is 1.97. The van der Waals surface area contributed by atoms with Crippen molar-refractivity contribution in [2.75, 3.05) is 5.75 Å². The molecular formula is C5H8NS. The monoisotopic (exact) mass is 114 g/mol. The molecule has 0 aliphatic carbocycles. The van der Waals surface area contributed by atoms with Crippen LogP contribution in [0.5, 0.6) is 0 Å². The Morgan fingerprint density at radius 3 is 2.57 bits per heavy atom. The van der Waals surface area contributed by atoms with Crippen molar-refractivity contribution in [1.82, 2.24) is 0 Å². The second-order valence-electron chi connectivity index (χ2n) is 1.63. The molecule has 0 aliphatic heterocycles. The van der Waals surface area contributed by atoms with Gasteiger partial charge in [0.15, 0.2) is 0 Å². The van der Waals surface area contributed by atoms with Crippen LogP contribution in [0.25, 0.3) is 0 Å². The topological polar surface area (TPSA) is 23.8 Å². The van der Waals surface area contributed by atoms with E-state index in [1.165, 1.54) is 0 Å². The number of hydrogen-bond acceptors (Lipinski definition) is 1. The van der Waals surface area contributed by atoms with Crippen LogP contribution >= 0.6 is 12.6 Å². The number of hydrogen-bond donors (Lipinski definition) is 0. The normalized spacial score (nSPS) is 12.7. The van der Waals surface area contributed by atoms with Crippen molar-refractivity contribution in [3.8, 4) is 6.07 Å². The molecule has 0 saturated carbocycles. The molecule has 0 rings (SSSR count). The van der Waals surface area contributed by atoms with Gasteiger partial charge in [-0.1, -0.05) is 19.6 Å². The van der Waals surface area contributed by atoms with E-state index in [1.807, 2.05) is 6.92 Å². The van der Waals surface area contributed by atoms with Gasteiger partial charge in [0.05, 0.1) is 6.07 Å². The molecule has 0 fully saturated rings. The van der Waals surface area contributed by atoms with Crippen molar-refractivity contribution < 1.29 is 0 Å². The number of nitriles is 1. The second kappa shape index (κ2) is 4.01. The largest absolute Gasteiger partial charge is 0.198 e. The molecule has 1 atom stereocenters. The van der Waals surface area contributed by atoms with E-state index in [4.69, 9.17) is 5.26 Å². The van der Waals surface area contributed by atoms with Crippen LogP contribution in [-0.4, -0.2) is 5.75 Å². The number of rotatable bonds is 2. The summed E-state index contributed by atoms with van der Waals surface area (Å²) in [5.41, 5.74) is 0. The number of nitrogens with zero attached hydrogens (tertiary/aromatic N) is 1. The average Bonchev–Trinajstić information content (AvgIpc) is 1.68. The van der Waals surface area contributed by atoms with Crippen LogP contribution in [0.1, 0.15) is 13.3 Å². The lowest BCUT2D eigenvalue weighted by molar-refractivity contribution is 0.685. The smallest absolute Gasteiger partial charge is 0.0624 e. The van der Waals surface area contributed by atoms with Crippen LogP contribution in [0.4, 0.5) is 0 Å². The fraction of sp³-hybridized carbons (Fsp3) is 0.800. The van der Waals surface area contributed by atoms with E-state index in [9.17, 15) is 0 Å². The Kier molecular flexibility index (Phi) is 3.92. The van der Waals surface area contributed by atoms with Crippen LogP contribution in [0, 0.1) is 17.2 Å². The van der Waals surface area contributed by atoms with Gasteiger partial charge in [-0.05, 0) is 5.92 Å². The Morgan fingerprint density at radius 2 is 2.43 bits per heavy atom. The highest BCUT2D eigenvalue weighted by Gasteiger charge is 1.94. The summed E-state index contributed by atoms with van der Waals surface area (Å²) in [6, 6.07) is 2.05. The highest BCUT2D eigenvalue weighted by atomic mass is 32.1. The van der Waals surface area contributed by atoms with Gasteiger partial charge in [0.2, 0.25) is 0 Å².